The number of unbranched alkanes of at least 4 members (excludes halogenated alkanes) is 3. The van der Waals surface area contributed by atoms with Crippen LogP contribution in [0.3, 0.4) is 0 Å². The molecule has 2 aliphatic rings. The molecule has 3 amide bonds. The molecular weight excluding hydrogens is 797 g/mol. The molecule has 60 heavy (non-hydrogen) atoms. The highest BCUT2D eigenvalue weighted by Crippen LogP contribution is 2.41. The zero-order valence-electron chi connectivity index (χ0n) is 36.6. The highest BCUT2D eigenvalue weighted by molar-refractivity contribution is 7.81. The van der Waals surface area contributed by atoms with E-state index in [1.165, 1.54) is 33.3 Å². The van der Waals surface area contributed by atoms with Crippen LogP contribution in [0.4, 0.5) is 5.69 Å². The molecule has 15 heteroatoms. The van der Waals surface area contributed by atoms with Crippen molar-refractivity contribution in [2.45, 2.75) is 117 Å². The second-order valence-electron chi connectivity index (χ2n) is 16.7. The van der Waals surface area contributed by atoms with Gasteiger partial charge in [-0.05, 0) is 75.1 Å². The largest absolute Gasteiger partial charge is 0.459 e. The number of primary amides is 1. The SMILES string of the molecule is CC(C)c1nc(-c2cccc3c2nc(OC2CC(C(N)=O)N(C(=O)CNc4ccccc4)C2)n3C(C)C)sc1C(C)C.CCCCC/C=C\C1CC1C(=O)NS(=O)N(C)C. The highest BCUT2D eigenvalue weighted by Gasteiger charge is 2.42. The van der Waals surface area contributed by atoms with Crippen molar-refractivity contribution in [2.75, 3.05) is 32.5 Å². The molecule has 326 valence electrons. The number of carbonyl (C=O) groups is 3. The van der Waals surface area contributed by atoms with Gasteiger partial charge >= 0.3 is 0 Å². The second kappa shape index (κ2) is 21.3. The molecule has 2 fully saturated rings. The van der Waals surface area contributed by atoms with E-state index in [9.17, 15) is 18.6 Å². The van der Waals surface area contributed by atoms with Crippen LogP contribution in [-0.2, 0) is 25.6 Å². The van der Waals surface area contributed by atoms with Crippen LogP contribution >= 0.6 is 11.3 Å². The van der Waals surface area contributed by atoms with Gasteiger partial charge in [0, 0.05) is 48.6 Å². The van der Waals surface area contributed by atoms with Crippen LogP contribution in [0.2, 0.25) is 0 Å². The molecule has 5 atom stereocenters. The number of aromatic nitrogens is 3. The molecule has 2 aromatic carbocycles. The number of rotatable bonds is 18. The van der Waals surface area contributed by atoms with Crippen LogP contribution in [0.5, 0.6) is 6.01 Å². The Morgan fingerprint density at radius 3 is 2.35 bits per heavy atom. The number of para-hydroxylation sites is 2. The molecule has 4 N–H and O–H groups in total. The van der Waals surface area contributed by atoms with Crippen molar-refractivity contribution in [1.82, 2.24) is 28.5 Å². The summed E-state index contributed by atoms with van der Waals surface area (Å²) in [7, 11) is 3.35. The fraction of sp³-hybridized carbons (Fsp3) is 0.533. The number of allylic oxidation sites excluding steroid dienone is 2. The fourth-order valence-corrected chi connectivity index (χ4v) is 9.07. The van der Waals surface area contributed by atoms with Crippen LogP contribution in [0.1, 0.15) is 115 Å². The molecule has 5 unspecified atom stereocenters. The Morgan fingerprint density at radius 1 is 1.00 bits per heavy atom. The Labute approximate surface area is 362 Å². The van der Waals surface area contributed by atoms with Crippen molar-refractivity contribution < 1.29 is 23.3 Å². The summed E-state index contributed by atoms with van der Waals surface area (Å²) in [5, 5.41) is 4.07. The first-order valence-electron chi connectivity index (χ1n) is 21.2. The van der Waals surface area contributed by atoms with Gasteiger partial charge in [-0.1, -0.05) is 83.9 Å². The summed E-state index contributed by atoms with van der Waals surface area (Å²) in [6, 6.07) is 15.4. The molecule has 3 heterocycles. The van der Waals surface area contributed by atoms with Gasteiger partial charge in [-0.3, -0.25) is 23.7 Å². The lowest BCUT2D eigenvalue weighted by Gasteiger charge is -2.22. The van der Waals surface area contributed by atoms with Crippen molar-refractivity contribution in [3.63, 3.8) is 0 Å². The Hall–Kier alpha value is -4.60. The molecule has 1 aliphatic carbocycles. The van der Waals surface area contributed by atoms with Crippen LogP contribution < -0.4 is 20.5 Å². The lowest BCUT2D eigenvalue weighted by Crippen LogP contribution is -2.45. The minimum Gasteiger partial charge on any atom is -0.459 e. The average molecular weight is 861 g/mol. The van der Waals surface area contributed by atoms with E-state index in [1.54, 1.807) is 25.4 Å². The van der Waals surface area contributed by atoms with Gasteiger partial charge in [0.25, 0.3) is 6.01 Å². The topological polar surface area (TPSA) is 165 Å². The third kappa shape index (κ3) is 11.8. The standard InChI is InChI=1S/C32H40N6O3S.C13H24N2O2S/c1-18(2)27-29(19(3)4)42-31(35-27)23-13-10-14-24-28(23)36-32(38(24)20(5)6)41-22-15-25(30(33)40)37(17-22)26(39)16-34-21-11-8-7-9-12-21;1-4-5-6-7-8-9-11-10-12(11)13(16)14-18(17)15(2)3/h7-14,18-20,22,25,34H,15-17H2,1-6H3,(H2,33,40);8-9,11-12H,4-7,10H2,1-3H3,(H,14,16)/b;9-8-. The molecule has 2 aromatic heterocycles. The minimum absolute atomic E-state index is 0.0244. The Bertz CT molecular complexity index is 2100. The molecule has 1 aliphatic heterocycles. The summed E-state index contributed by atoms with van der Waals surface area (Å²) in [5.74, 6) is 0.243. The van der Waals surface area contributed by atoms with Crippen LogP contribution in [0.15, 0.2) is 60.7 Å². The molecular formula is C45H64N8O5S2. The quantitative estimate of drug-likeness (QED) is 0.0670. The number of imidazole rings is 1. The first-order chi connectivity index (χ1) is 28.6. The minimum atomic E-state index is -1.40. The zero-order valence-corrected chi connectivity index (χ0v) is 38.3. The van der Waals surface area contributed by atoms with E-state index in [4.69, 9.17) is 20.4 Å². The summed E-state index contributed by atoms with van der Waals surface area (Å²) in [6.45, 7) is 15.4. The van der Waals surface area contributed by atoms with Gasteiger partial charge in [-0.2, -0.15) is 4.98 Å². The third-order valence-electron chi connectivity index (χ3n) is 10.6. The Kier molecular flexibility index (Phi) is 16.5. The maximum Gasteiger partial charge on any atom is 0.297 e. The van der Waals surface area contributed by atoms with E-state index >= 15 is 0 Å². The van der Waals surface area contributed by atoms with E-state index in [2.05, 4.69) is 81.3 Å². The Morgan fingerprint density at radius 2 is 1.73 bits per heavy atom. The summed E-state index contributed by atoms with van der Waals surface area (Å²) in [4.78, 5) is 50.1. The number of hydrogen-bond donors (Lipinski definition) is 3. The van der Waals surface area contributed by atoms with E-state index < -0.39 is 29.2 Å². The average Bonchev–Trinajstić information content (AvgIpc) is 3.49. The van der Waals surface area contributed by atoms with Crippen molar-refractivity contribution in [3.05, 3.63) is 71.3 Å². The fourth-order valence-electron chi connectivity index (χ4n) is 7.31. The van der Waals surface area contributed by atoms with E-state index in [0.29, 0.717) is 30.2 Å². The molecule has 0 radical (unpaired) electrons. The predicted molar refractivity (Wildman–Crippen MR) is 243 cm³/mol. The summed E-state index contributed by atoms with van der Waals surface area (Å²) < 4.78 is 24.0. The number of likely N-dealkylation sites (tertiary alicyclic amines) is 1. The molecule has 6 rings (SSSR count). The zero-order chi connectivity index (χ0) is 43.7. The molecule has 4 aromatic rings. The number of benzene rings is 2. The summed E-state index contributed by atoms with van der Waals surface area (Å²) in [5.41, 5.74) is 10.4. The number of fused-ring (bicyclic) bond motifs is 1. The lowest BCUT2D eigenvalue weighted by molar-refractivity contribution is -0.135. The van der Waals surface area contributed by atoms with Gasteiger partial charge in [-0.15, -0.1) is 11.3 Å². The number of nitrogens with one attached hydrogen (secondary N) is 2. The number of carbonyl (C=O) groups excluding carboxylic acids is 3. The highest BCUT2D eigenvalue weighted by atomic mass is 32.2. The van der Waals surface area contributed by atoms with Crippen LogP contribution in [0.25, 0.3) is 21.6 Å². The monoisotopic (exact) mass is 860 g/mol. The van der Waals surface area contributed by atoms with Gasteiger partial charge in [0.05, 0.1) is 24.3 Å². The van der Waals surface area contributed by atoms with Crippen LogP contribution in [0, 0.1) is 11.8 Å². The normalized spacial score (nSPS) is 19.3. The number of ether oxygens (including phenoxy) is 1. The van der Waals surface area contributed by atoms with Gasteiger partial charge in [-0.25, -0.2) is 13.5 Å². The number of hydrogen-bond acceptors (Lipinski definition) is 9. The third-order valence-corrected chi connectivity index (χ3v) is 13.1. The van der Waals surface area contributed by atoms with E-state index in [1.807, 2.05) is 42.5 Å². The number of amides is 3. The smallest absolute Gasteiger partial charge is 0.297 e. The molecule has 13 nitrogen and oxygen atoms in total. The van der Waals surface area contributed by atoms with Crippen LogP contribution in [-0.4, -0.2) is 85.0 Å². The number of anilines is 1. The maximum absolute atomic E-state index is 13.1. The number of nitrogens with two attached hydrogens (primary N) is 1. The van der Waals surface area contributed by atoms with E-state index in [-0.39, 0.29) is 36.9 Å². The molecule has 0 bridgehead atoms. The summed E-state index contributed by atoms with van der Waals surface area (Å²) >= 11 is 0.330. The van der Waals surface area contributed by atoms with Gasteiger partial charge in [0.2, 0.25) is 17.7 Å². The second-order valence-corrected chi connectivity index (χ2v) is 19.2. The molecule has 1 saturated carbocycles. The number of nitrogens with zero attached hydrogens (tertiary/aromatic N) is 5. The maximum atomic E-state index is 13.1. The predicted octanol–water partition coefficient (Wildman–Crippen LogP) is 7.95. The summed E-state index contributed by atoms with van der Waals surface area (Å²) in [6.07, 6.45) is 9.90. The van der Waals surface area contributed by atoms with Crippen molar-refractivity contribution in [3.8, 4) is 16.6 Å². The van der Waals surface area contributed by atoms with Crippen molar-refractivity contribution >= 4 is 57.0 Å². The molecule has 0 spiro atoms. The van der Waals surface area contributed by atoms with E-state index in [0.717, 1.165) is 45.8 Å². The van der Waals surface area contributed by atoms with Crippen molar-refractivity contribution in [1.29, 1.82) is 0 Å². The van der Waals surface area contributed by atoms with Gasteiger partial charge < -0.3 is 20.7 Å². The molecule has 1 saturated heterocycles. The number of thiazole rings is 1. The Balaban J connectivity index is 0.000000318. The van der Waals surface area contributed by atoms with Gasteiger partial charge in [0.1, 0.15) is 22.7 Å². The van der Waals surface area contributed by atoms with Crippen molar-refractivity contribution in [2.24, 2.45) is 17.6 Å². The first kappa shape index (κ1) is 46.5. The lowest BCUT2D eigenvalue weighted by atomic mass is 10.0. The van der Waals surface area contributed by atoms with Gasteiger partial charge in [0.15, 0.2) is 11.2 Å². The first-order valence-corrected chi connectivity index (χ1v) is 23.2.